The van der Waals surface area contributed by atoms with Gasteiger partial charge in [-0.2, -0.15) is 0 Å². The van der Waals surface area contributed by atoms with E-state index in [9.17, 15) is 4.79 Å². The summed E-state index contributed by atoms with van der Waals surface area (Å²) in [4.78, 5) is 19.1. The number of benzene rings is 1. The fourth-order valence-electron chi connectivity index (χ4n) is 3.07. The molecule has 0 bridgehead atoms. The summed E-state index contributed by atoms with van der Waals surface area (Å²) in [5.74, 6) is -0.249. The van der Waals surface area contributed by atoms with Gasteiger partial charge in [0.25, 0.3) is 0 Å². The second kappa shape index (κ2) is 10.9. The number of halogens is 2. The van der Waals surface area contributed by atoms with Crippen molar-refractivity contribution in [2.75, 3.05) is 18.4 Å². The summed E-state index contributed by atoms with van der Waals surface area (Å²) in [6, 6.07) is 8.63. The molecule has 0 radical (unpaired) electrons. The molecule has 1 fully saturated rings. The summed E-state index contributed by atoms with van der Waals surface area (Å²) in [5, 5.41) is 5.38. The maximum absolute atomic E-state index is 12.3. The molecule has 3 unspecified atom stereocenters. The Morgan fingerprint density at radius 2 is 1.93 bits per heavy atom. The molecule has 1 saturated heterocycles. The number of amides is 1. The minimum absolute atomic E-state index is 0. The molecule has 2 heterocycles. The first kappa shape index (κ1) is 23.8. The van der Waals surface area contributed by atoms with Crippen molar-refractivity contribution in [1.29, 1.82) is 0 Å². The summed E-state index contributed by atoms with van der Waals surface area (Å²) in [7, 11) is 0. The first-order valence-corrected chi connectivity index (χ1v) is 9.33. The number of nitrogens with one attached hydrogen (secondary N) is 1. The minimum atomic E-state index is -0.700. The van der Waals surface area contributed by atoms with E-state index in [0.29, 0.717) is 5.13 Å². The van der Waals surface area contributed by atoms with Gasteiger partial charge in [0.1, 0.15) is 6.04 Å². The molecule has 1 aliphatic heterocycles. The van der Waals surface area contributed by atoms with Gasteiger partial charge in [-0.1, -0.05) is 30.3 Å². The van der Waals surface area contributed by atoms with E-state index in [4.69, 9.17) is 10.5 Å². The summed E-state index contributed by atoms with van der Waals surface area (Å²) in [6.07, 6.45) is 0.454. The molecular formula is C18H26Cl2N4O2S. The van der Waals surface area contributed by atoms with Crippen LogP contribution in [0.3, 0.4) is 0 Å². The second-order valence-corrected chi connectivity index (χ2v) is 7.33. The Bertz CT molecular complexity index is 706. The molecule has 0 spiro atoms. The third-order valence-corrected chi connectivity index (χ3v) is 4.91. The van der Waals surface area contributed by atoms with Gasteiger partial charge in [-0.25, -0.2) is 4.98 Å². The van der Waals surface area contributed by atoms with Gasteiger partial charge >= 0.3 is 0 Å². The smallest absolute Gasteiger partial charge is 0.247 e. The number of hydrogen-bond acceptors (Lipinski definition) is 6. The number of hydrogen-bond donors (Lipinski definition) is 2. The van der Waals surface area contributed by atoms with E-state index in [1.165, 1.54) is 11.3 Å². The first-order chi connectivity index (χ1) is 12.0. The largest absolute Gasteiger partial charge is 0.373 e. The zero-order chi connectivity index (χ0) is 17.8. The van der Waals surface area contributed by atoms with Crippen LogP contribution in [0, 0.1) is 0 Å². The van der Waals surface area contributed by atoms with Crippen molar-refractivity contribution in [1.82, 2.24) is 9.88 Å². The molecule has 1 amide bonds. The molecule has 2 aromatic rings. The van der Waals surface area contributed by atoms with Gasteiger partial charge in [0, 0.05) is 25.0 Å². The lowest BCUT2D eigenvalue weighted by atomic mass is 10.1. The van der Waals surface area contributed by atoms with E-state index in [0.717, 1.165) is 30.9 Å². The maximum Gasteiger partial charge on any atom is 0.247 e. The summed E-state index contributed by atoms with van der Waals surface area (Å²) in [5.41, 5.74) is 7.75. The molecule has 0 saturated carbocycles. The maximum atomic E-state index is 12.3. The lowest BCUT2D eigenvalue weighted by molar-refractivity contribution is -0.117. The highest BCUT2D eigenvalue weighted by atomic mass is 35.5. The number of anilines is 1. The molecule has 3 rings (SSSR count). The van der Waals surface area contributed by atoms with E-state index < -0.39 is 6.04 Å². The Hall–Kier alpha value is -1.22. The van der Waals surface area contributed by atoms with E-state index >= 15 is 0 Å². The highest BCUT2D eigenvalue weighted by molar-refractivity contribution is 7.13. The zero-order valence-electron chi connectivity index (χ0n) is 15.3. The van der Waals surface area contributed by atoms with E-state index in [-0.39, 0.29) is 42.9 Å². The molecule has 0 aliphatic carbocycles. The Balaban J connectivity index is 0.00000182. The highest BCUT2D eigenvalue weighted by Crippen LogP contribution is 2.20. The lowest BCUT2D eigenvalue weighted by Crippen LogP contribution is -2.44. The lowest BCUT2D eigenvalue weighted by Gasteiger charge is -2.34. The van der Waals surface area contributed by atoms with Crippen LogP contribution >= 0.6 is 36.2 Å². The van der Waals surface area contributed by atoms with Crippen molar-refractivity contribution in [3.05, 3.63) is 47.0 Å². The van der Waals surface area contributed by atoms with Crippen molar-refractivity contribution in [3.63, 3.8) is 0 Å². The summed E-state index contributed by atoms with van der Waals surface area (Å²) >= 11 is 1.42. The number of morpholine rings is 1. The fraction of sp³-hybridized carbons (Fsp3) is 0.444. The Morgan fingerprint density at radius 1 is 1.30 bits per heavy atom. The van der Waals surface area contributed by atoms with E-state index in [1.54, 1.807) is 0 Å². The van der Waals surface area contributed by atoms with Gasteiger partial charge in [-0.3, -0.25) is 9.69 Å². The number of carbonyl (C=O) groups excluding carboxylic acids is 1. The van der Waals surface area contributed by atoms with Crippen LogP contribution in [0.2, 0.25) is 0 Å². The van der Waals surface area contributed by atoms with Crippen LogP contribution < -0.4 is 11.1 Å². The first-order valence-electron chi connectivity index (χ1n) is 8.45. The number of aromatic nitrogens is 1. The Morgan fingerprint density at radius 3 is 2.56 bits per heavy atom. The average Bonchev–Trinajstić information content (AvgIpc) is 3.00. The van der Waals surface area contributed by atoms with Crippen molar-refractivity contribution < 1.29 is 9.53 Å². The zero-order valence-corrected chi connectivity index (χ0v) is 17.8. The number of rotatable bonds is 5. The number of nitrogens with zero attached hydrogens (tertiary/aromatic N) is 2. The van der Waals surface area contributed by atoms with Gasteiger partial charge < -0.3 is 15.8 Å². The normalized spacial score (nSPS) is 20.9. The number of ether oxygens (including phenoxy) is 1. The minimum Gasteiger partial charge on any atom is -0.373 e. The summed E-state index contributed by atoms with van der Waals surface area (Å²) < 4.78 is 5.75. The standard InChI is InChI=1S/C18H24N4O2S.2ClH/c1-12-8-22(9-13(2)24-12)10-15-11-25-18(20-15)21-17(23)16(19)14-6-4-3-5-7-14;;/h3-7,11-13,16H,8-10,19H2,1-2H3,(H,20,21,23);2*1H. The molecule has 1 aliphatic rings. The highest BCUT2D eigenvalue weighted by Gasteiger charge is 2.23. The van der Waals surface area contributed by atoms with E-state index in [2.05, 4.69) is 29.0 Å². The van der Waals surface area contributed by atoms with Gasteiger partial charge in [-0.15, -0.1) is 36.2 Å². The molecule has 3 N–H and O–H groups in total. The van der Waals surface area contributed by atoms with Crippen LogP contribution in [0.15, 0.2) is 35.7 Å². The fourth-order valence-corrected chi connectivity index (χ4v) is 3.78. The van der Waals surface area contributed by atoms with Crippen LogP contribution in [0.25, 0.3) is 0 Å². The van der Waals surface area contributed by atoms with Crippen LogP contribution in [0.5, 0.6) is 0 Å². The van der Waals surface area contributed by atoms with Gasteiger partial charge in [-0.05, 0) is 19.4 Å². The Kier molecular flexibility index (Phi) is 9.66. The molecule has 3 atom stereocenters. The van der Waals surface area contributed by atoms with Crippen molar-refractivity contribution in [2.45, 2.75) is 38.6 Å². The van der Waals surface area contributed by atoms with Crippen LogP contribution in [0.4, 0.5) is 5.13 Å². The van der Waals surface area contributed by atoms with Crippen molar-refractivity contribution in [2.24, 2.45) is 5.73 Å². The molecule has 150 valence electrons. The molecular weight excluding hydrogens is 407 g/mol. The topological polar surface area (TPSA) is 80.5 Å². The second-order valence-electron chi connectivity index (χ2n) is 6.47. The van der Waals surface area contributed by atoms with Crippen molar-refractivity contribution >= 4 is 47.2 Å². The SMILES string of the molecule is CC1CN(Cc2csc(NC(=O)C(N)c3ccccc3)n2)CC(C)O1.Cl.Cl. The predicted octanol–water partition coefficient (Wildman–Crippen LogP) is 3.23. The average molecular weight is 433 g/mol. The monoisotopic (exact) mass is 432 g/mol. The van der Waals surface area contributed by atoms with Crippen LogP contribution in [-0.4, -0.2) is 41.1 Å². The molecule has 9 heteroatoms. The quantitative estimate of drug-likeness (QED) is 0.757. The van der Waals surface area contributed by atoms with Crippen molar-refractivity contribution in [3.8, 4) is 0 Å². The van der Waals surface area contributed by atoms with Gasteiger partial charge in [0.15, 0.2) is 5.13 Å². The third kappa shape index (κ3) is 6.71. The molecule has 6 nitrogen and oxygen atoms in total. The van der Waals surface area contributed by atoms with Crippen LogP contribution in [0.1, 0.15) is 31.1 Å². The number of carbonyl (C=O) groups is 1. The predicted molar refractivity (Wildman–Crippen MR) is 114 cm³/mol. The number of nitrogens with two attached hydrogens (primary N) is 1. The Labute approximate surface area is 176 Å². The molecule has 27 heavy (non-hydrogen) atoms. The van der Waals surface area contributed by atoms with Gasteiger partial charge in [0.2, 0.25) is 5.91 Å². The van der Waals surface area contributed by atoms with Gasteiger partial charge in [0.05, 0.1) is 17.9 Å². The van der Waals surface area contributed by atoms with Crippen LogP contribution in [-0.2, 0) is 16.1 Å². The molecule has 1 aromatic heterocycles. The summed E-state index contributed by atoms with van der Waals surface area (Å²) in [6.45, 7) is 6.71. The van der Waals surface area contributed by atoms with E-state index in [1.807, 2.05) is 35.7 Å². The number of thiazole rings is 1. The third-order valence-electron chi connectivity index (χ3n) is 4.10. The molecule has 1 aromatic carbocycles.